The number of nitrogens with zero attached hydrogens (tertiary/aromatic N) is 1. The summed E-state index contributed by atoms with van der Waals surface area (Å²) in [6.45, 7) is 9.28. The molecule has 2 amide bonds. The third-order valence-corrected chi connectivity index (χ3v) is 4.56. The number of hydrogen-bond donors (Lipinski definition) is 1. The molecule has 1 rings (SSSR count). The van der Waals surface area contributed by atoms with E-state index in [-0.39, 0.29) is 24.1 Å². The van der Waals surface area contributed by atoms with Crippen LogP contribution in [0.2, 0.25) is 0 Å². The van der Waals surface area contributed by atoms with E-state index < -0.39 is 26.8 Å². The van der Waals surface area contributed by atoms with Gasteiger partial charge < -0.3 is 10.2 Å². The third-order valence-electron chi connectivity index (χ3n) is 3.53. The van der Waals surface area contributed by atoms with E-state index in [1.807, 2.05) is 20.8 Å². The lowest BCUT2D eigenvalue weighted by molar-refractivity contribution is -0.157. The summed E-state index contributed by atoms with van der Waals surface area (Å²) in [6, 6.07) is -0.586. The second-order valence-electron chi connectivity index (χ2n) is 7.36. The van der Waals surface area contributed by atoms with Gasteiger partial charge >= 0.3 is 0 Å². The van der Waals surface area contributed by atoms with Crippen molar-refractivity contribution >= 4 is 21.7 Å². The summed E-state index contributed by atoms with van der Waals surface area (Å²) >= 11 is 0. The standard InChI is InChI=1S/C14H26N2O4S/c1-13(2,3)10-11(17)15-14(4,5)12(18)16(10)8-7-9-21(6,19)20/h10H,7-9H2,1-6H3,(H,15,17). The van der Waals surface area contributed by atoms with Gasteiger partial charge in [-0.1, -0.05) is 20.8 Å². The zero-order chi connectivity index (χ0) is 16.6. The number of rotatable bonds is 4. The summed E-state index contributed by atoms with van der Waals surface area (Å²) in [5.74, 6) is -0.350. The van der Waals surface area contributed by atoms with Gasteiger partial charge in [-0.25, -0.2) is 8.42 Å². The zero-order valence-corrected chi connectivity index (χ0v) is 14.5. The SMILES string of the molecule is CC1(C)NC(=O)C(C(C)(C)C)N(CCCS(C)(=O)=O)C1=O. The van der Waals surface area contributed by atoms with Gasteiger partial charge in [0, 0.05) is 12.8 Å². The van der Waals surface area contributed by atoms with Crippen molar-refractivity contribution in [2.75, 3.05) is 18.6 Å². The highest BCUT2D eigenvalue weighted by Gasteiger charge is 2.49. The maximum absolute atomic E-state index is 12.6. The summed E-state index contributed by atoms with van der Waals surface area (Å²) in [6.07, 6.45) is 1.50. The van der Waals surface area contributed by atoms with E-state index in [1.165, 1.54) is 11.2 Å². The minimum atomic E-state index is -3.08. The first-order valence-electron chi connectivity index (χ1n) is 7.06. The Kier molecular flexibility index (Phi) is 4.77. The fourth-order valence-electron chi connectivity index (χ4n) is 2.64. The molecule has 0 aromatic rings. The zero-order valence-electron chi connectivity index (χ0n) is 13.7. The molecule has 1 N–H and O–H groups in total. The van der Waals surface area contributed by atoms with Crippen LogP contribution >= 0.6 is 0 Å². The quantitative estimate of drug-likeness (QED) is 0.821. The molecule has 1 heterocycles. The van der Waals surface area contributed by atoms with E-state index in [1.54, 1.807) is 13.8 Å². The summed E-state index contributed by atoms with van der Waals surface area (Å²) in [4.78, 5) is 26.4. The number of nitrogens with one attached hydrogen (secondary N) is 1. The van der Waals surface area contributed by atoms with E-state index in [2.05, 4.69) is 5.32 Å². The molecule has 1 atom stereocenters. The van der Waals surface area contributed by atoms with Crippen LogP contribution in [0.3, 0.4) is 0 Å². The first kappa shape index (κ1) is 17.9. The Morgan fingerprint density at radius 1 is 1.24 bits per heavy atom. The van der Waals surface area contributed by atoms with Crippen molar-refractivity contribution in [2.24, 2.45) is 5.41 Å². The summed E-state index contributed by atoms with van der Waals surface area (Å²) < 4.78 is 22.5. The maximum atomic E-state index is 12.6. The Morgan fingerprint density at radius 2 is 1.76 bits per heavy atom. The van der Waals surface area contributed by atoms with E-state index >= 15 is 0 Å². The predicted octanol–water partition coefficient (Wildman–Crippen LogP) is 0.573. The van der Waals surface area contributed by atoms with Gasteiger partial charge in [0.1, 0.15) is 21.4 Å². The van der Waals surface area contributed by atoms with Crippen LogP contribution in [0.1, 0.15) is 41.0 Å². The van der Waals surface area contributed by atoms with Crippen LogP contribution in [-0.4, -0.2) is 55.3 Å². The number of hydrogen-bond acceptors (Lipinski definition) is 4. The van der Waals surface area contributed by atoms with E-state index in [4.69, 9.17) is 0 Å². The van der Waals surface area contributed by atoms with Gasteiger partial charge in [0.05, 0.1) is 5.75 Å². The minimum Gasteiger partial charge on any atom is -0.340 e. The van der Waals surface area contributed by atoms with Gasteiger partial charge in [-0.15, -0.1) is 0 Å². The summed E-state index contributed by atoms with van der Waals surface area (Å²) in [5, 5.41) is 2.75. The summed E-state index contributed by atoms with van der Waals surface area (Å²) in [5.41, 5.74) is -1.37. The van der Waals surface area contributed by atoms with Crippen molar-refractivity contribution in [3.63, 3.8) is 0 Å². The third kappa shape index (κ3) is 4.43. The van der Waals surface area contributed by atoms with Crippen LogP contribution in [0.15, 0.2) is 0 Å². The molecule has 6 nitrogen and oxygen atoms in total. The number of carbonyl (C=O) groups is 2. The molecule has 1 unspecified atom stereocenters. The molecule has 0 saturated carbocycles. The molecule has 1 aliphatic heterocycles. The predicted molar refractivity (Wildman–Crippen MR) is 81.5 cm³/mol. The molecular formula is C14H26N2O4S. The first-order chi connectivity index (χ1) is 9.26. The second-order valence-corrected chi connectivity index (χ2v) is 9.62. The molecule has 0 aliphatic carbocycles. The Bertz CT molecular complexity index is 532. The molecule has 0 radical (unpaired) electrons. The topological polar surface area (TPSA) is 83.6 Å². The van der Waals surface area contributed by atoms with Crippen molar-refractivity contribution in [1.82, 2.24) is 10.2 Å². The van der Waals surface area contributed by atoms with Crippen LogP contribution in [0.5, 0.6) is 0 Å². The van der Waals surface area contributed by atoms with Gasteiger partial charge in [0.25, 0.3) is 0 Å². The first-order valence-corrected chi connectivity index (χ1v) is 9.12. The lowest BCUT2D eigenvalue weighted by atomic mass is 9.81. The average molecular weight is 318 g/mol. The molecule has 7 heteroatoms. The van der Waals surface area contributed by atoms with E-state index in [0.717, 1.165) is 0 Å². The van der Waals surface area contributed by atoms with Gasteiger partial charge in [-0.05, 0) is 25.7 Å². The Labute approximate surface area is 127 Å². The highest BCUT2D eigenvalue weighted by atomic mass is 32.2. The minimum absolute atomic E-state index is 0.00961. The molecule has 1 fully saturated rings. The summed E-state index contributed by atoms with van der Waals surface area (Å²) in [7, 11) is -3.08. The average Bonchev–Trinajstić information content (AvgIpc) is 2.20. The normalized spacial score (nSPS) is 23.1. The van der Waals surface area contributed by atoms with E-state index in [9.17, 15) is 18.0 Å². The smallest absolute Gasteiger partial charge is 0.248 e. The largest absolute Gasteiger partial charge is 0.340 e. The maximum Gasteiger partial charge on any atom is 0.248 e. The van der Waals surface area contributed by atoms with Crippen LogP contribution in [0, 0.1) is 5.41 Å². The molecule has 0 aromatic heterocycles. The Balaban J connectivity index is 3.00. The van der Waals surface area contributed by atoms with E-state index in [0.29, 0.717) is 6.42 Å². The lowest BCUT2D eigenvalue weighted by Gasteiger charge is -2.47. The van der Waals surface area contributed by atoms with Crippen LogP contribution in [0.4, 0.5) is 0 Å². The molecule has 21 heavy (non-hydrogen) atoms. The number of carbonyl (C=O) groups excluding carboxylic acids is 2. The van der Waals surface area contributed by atoms with Crippen LogP contribution < -0.4 is 5.32 Å². The second kappa shape index (κ2) is 5.59. The lowest BCUT2D eigenvalue weighted by Crippen LogP contribution is -2.70. The van der Waals surface area contributed by atoms with Crippen LogP contribution in [-0.2, 0) is 19.4 Å². The molecular weight excluding hydrogens is 292 g/mol. The van der Waals surface area contributed by atoms with Crippen molar-refractivity contribution in [1.29, 1.82) is 0 Å². The fraction of sp³-hybridized carbons (Fsp3) is 0.857. The van der Waals surface area contributed by atoms with Crippen molar-refractivity contribution in [2.45, 2.75) is 52.6 Å². The number of piperazine rings is 1. The van der Waals surface area contributed by atoms with Crippen molar-refractivity contribution in [3.05, 3.63) is 0 Å². The molecule has 0 spiro atoms. The molecule has 0 aromatic carbocycles. The molecule has 0 bridgehead atoms. The van der Waals surface area contributed by atoms with Gasteiger partial charge in [-0.2, -0.15) is 0 Å². The van der Waals surface area contributed by atoms with Gasteiger partial charge in [0.15, 0.2) is 0 Å². The van der Waals surface area contributed by atoms with Crippen molar-refractivity contribution < 1.29 is 18.0 Å². The van der Waals surface area contributed by atoms with Gasteiger partial charge in [0.2, 0.25) is 11.8 Å². The molecule has 1 aliphatic rings. The Hall–Kier alpha value is -1.11. The van der Waals surface area contributed by atoms with Crippen molar-refractivity contribution in [3.8, 4) is 0 Å². The van der Waals surface area contributed by atoms with Crippen LogP contribution in [0.25, 0.3) is 0 Å². The fourth-order valence-corrected chi connectivity index (χ4v) is 3.29. The van der Waals surface area contributed by atoms with Gasteiger partial charge in [-0.3, -0.25) is 9.59 Å². The Morgan fingerprint density at radius 3 is 2.19 bits per heavy atom. The molecule has 1 saturated heterocycles. The number of sulfone groups is 1. The highest BCUT2D eigenvalue weighted by Crippen LogP contribution is 2.30. The highest BCUT2D eigenvalue weighted by molar-refractivity contribution is 7.90. The number of amides is 2. The monoisotopic (exact) mass is 318 g/mol. The molecule has 122 valence electrons.